The van der Waals surface area contributed by atoms with Crippen LogP contribution in [0.4, 0.5) is 13.2 Å². The van der Waals surface area contributed by atoms with Gasteiger partial charge in [0.2, 0.25) is 0 Å². The maximum absolute atomic E-state index is 12.7. The summed E-state index contributed by atoms with van der Waals surface area (Å²) in [6, 6.07) is 10.7. The Labute approximate surface area is 111 Å². The summed E-state index contributed by atoms with van der Waals surface area (Å²) in [7, 11) is 0. The lowest BCUT2D eigenvalue weighted by Crippen LogP contribution is -2.11. The lowest BCUT2D eigenvalue weighted by Gasteiger charge is -2.11. The SMILES string of the molecule is FC(F)(F)c1ncc(-c2ccccc2)cc1CBr. The van der Waals surface area contributed by atoms with Crippen LogP contribution in [0.25, 0.3) is 11.1 Å². The second-order valence-corrected chi connectivity index (χ2v) is 4.29. The van der Waals surface area contributed by atoms with Crippen molar-refractivity contribution in [1.82, 2.24) is 4.98 Å². The molecule has 0 aliphatic rings. The molecule has 1 nitrogen and oxygen atoms in total. The molecule has 18 heavy (non-hydrogen) atoms. The Morgan fingerprint density at radius 2 is 1.72 bits per heavy atom. The molecule has 0 aliphatic heterocycles. The Morgan fingerprint density at radius 1 is 1.06 bits per heavy atom. The third-order valence-electron chi connectivity index (χ3n) is 2.49. The van der Waals surface area contributed by atoms with E-state index < -0.39 is 11.9 Å². The summed E-state index contributed by atoms with van der Waals surface area (Å²) in [6.45, 7) is 0. The summed E-state index contributed by atoms with van der Waals surface area (Å²) >= 11 is 3.07. The predicted octanol–water partition coefficient (Wildman–Crippen LogP) is 4.66. The van der Waals surface area contributed by atoms with Crippen LogP contribution in [0.3, 0.4) is 0 Å². The topological polar surface area (TPSA) is 12.9 Å². The Kier molecular flexibility index (Phi) is 3.71. The smallest absolute Gasteiger partial charge is 0.251 e. The maximum Gasteiger partial charge on any atom is 0.433 e. The fourth-order valence-electron chi connectivity index (χ4n) is 1.66. The van der Waals surface area contributed by atoms with Crippen LogP contribution in [0.15, 0.2) is 42.6 Å². The lowest BCUT2D eigenvalue weighted by atomic mass is 10.0. The number of benzene rings is 1. The molecule has 1 aromatic heterocycles. The van der Waals surface area contributed by atoms with E-state index >= 15 is 0 Å². The van der Waals surface area contributed by atoms with Crippen molar-refractivity contribution in [1.29, 1.82) is 0 Å². The number of hydrogen-bond donors (Lipinski definition) is 0. The van der Waals surface area contributed by atoms with E-state index in [1.807, 2.05) is 30.3 Å². The Morgan fingerprint density at radius 3 is 2.28 bits per heavy atom. The van der Waals surface area contributed by atoms with Crippen molar-refractivity contribution in [3.8, 4) is 11.1 Å². The van der Waals surface area contributed by atoms with Gasteiger partial charge in [-0.15, -0.1) is 0 Å². The van der Waals surface area contributed by atoms with Crippen LogP contribution in [-0.4, -0.2) is 4.98 Å². The first-order valence-corrected chi connectivity index (χ1v) is 6.32. The molecule has 94 valence electrons. The molecule has 0 amide bonds. The standard InChI is InChI=1S/C13H9BrF3N/c14-7-10-6-11(9-4-2-1-3-5-9)8-18-12(10)13(15,16)17/h1-6,8H,7H2. The number of nitrogens with zero attached hydrogens (tertiary/aromatic N) is 1. The van der Waals surface area contributed by atoms with Gasteiger partial charge in [-0.3, -0.25) is 4.98 Å². The highest BCUT2D eigenvalue weighted by Gasteiger charge is 2.35. The molecular weight excluding hydrogens is 307 g/mol. The van der Waals surface area contributed by atoms with E-state index in [1.54, 1.807) is 0 Å². The van der Waals surface area contributed by atoms with Crippen LogP contribution < -0.4 is 0 Å². The van der Waals surface area contributed by atoms with Crippen LogP contribution in [-0.2, 0) is 11.5 Å². The molecule has 5 heteroatoms. The third-order valence-corrected chi connectivity index (χ3v) is 3.09. The first-order valence-electron chi connectivity index (χ1n) is 5.20. The van der Waals surface area contributed by atoms with E-state index in [2.05, 4.69) is 20.9 Å². The zero-order valence-electron chi connectivity index (χ0n) is 9.21. The molecule has 0 radical (unpaired) electrons. The minimum atomic E-state index is -4.42. The van der Waals surface area contributed by atoms with Crippen molar-refractivity contribution in [3.05, 3.63) is 53.9 Å². The summed E-state index contributed by atoms with van der Waals surface area (Å²) in [5.41, 5.74) is 0.835. The van der Waals surface area contributed by atoms with E-state index in [1.165, 1.54) is 12.3 Å². The quantitative estimate of drug-likeness (QED) is 0.734. The van der Waals surface area contributed by atoms with Crippen LogP contribution in [0, 0.1) is 0 Å². The van der Waals surface area contributed by atoms with Crippen LogP contribution in [0.2, 0.25) is 0 Å². The Bertz CT molecular complexity index is 538. The molecule has 0 N–H and O–H groups in total. The van der Waals surface area contributed by atoms with E-state index in [9.17, 15) is 13.2 Å². The second-order valence-electron chi connectivity index (χ2n) is 3.73. The molecule has 1 aromatic carbocycles. The lowest BCUT2D eigenvalue weighted by molar-refractivity contribution is -0.141. The molecule has 2 rings (SSSR count). The monoisotopic (exact) mass is 315 g/mol. The van der Waals surface area contributed by atoms with Gasteiger partial charge in [0.1, 0.15) is 5.69 Å². The molecule has 0 unspecified atom stereocenters. The fourth-order valence-corrected chi connectivity index (χ4v) is 2.08. The van der Waals surface area contributed by atoms with Crippen LogP contribution in [0.5, 0.6) is 0 Å². The molecule has 2 aromatic rings. The van der Waals surface area contributed by atoms with E-state index in [-0.39, 0.29) is 10.9 Å². The highest BCUT2D eigenvalue weighted by Crippen LogP contribution is 2.33. The molecule has 0 spiro atoms. The van der Waals surface area contributed by atoms with Gasteiger partial charge in [-0.1, -0.05) is 46.3 Å². The van der Waals surface area contributed by atoms with Crippen molar-refractivity contribution in [2.75, 3.05) is 0 Å². The molecule has 0 saturated heterocycles. The molecule has 0 atom stereocenters. The first kappa shape index (κ1) is 13.1. The third kappa shape index (κ3) is 2.72. The Hall–Kier alpha value is -1.36. The van der Waals surface area contributed by atoms with Gasteiger partial charge in [0.05, 0.1) is 0 Å². The first-order chi connectivity index (χ1) is 8.52. The average molecular weight is 316 g/mol. The van der Waals surface area contributed by atoms with Crippen molar-refractivity contribution in [2.24, 2.45) is 0 Å². The van der Waals surface area contributed by atoms with Gasteiger partial charge in [-0.05, 0) is 17.2 Å². The van der Waals surface area contributed by atoms with Gasteiger partial charge < -0.3 is 0 Å². The van der Waals surface area contributed by atoms with Crippen LogP contribution >= 0.6 is 15.9 Å². The summed E-state index contributed by atoms with van der Waals surface area (Å²) in [6.07, 6.45) is -3.16. The fraction of sp³-hybridized carbons (Fsp3) is 0.154. The molecule has 1 heterocycles. The highest BCUT2D eigenvalue weighted by atomic mass is 79.9. The predicted molar refractivity (Wildman–Crippen MR) is 67.3 cm³/mol. The number of hydrogen-bond acceptors (Lipinski definition) is 1. The van der Waals surface area contributed by atoms with Gasteiger partial charge in [-0.25, -0.2) is 0 Å². The molecular formula is C13H9BrF3N. The molecule has 0 fully saturated rings. The zero-order chi connectivity index (χ0) is 13.2. The minimum absolute atomic E-state index is 0.121. The van der Waals surface area contributed by atoms with E-state index in [0.717, 1.165) is 5.56 Å². The maximum atomic E-state index is 12.7. The van der Waals surface area contributed by atoms with Crippen LogP contribution in [0.1, 0.15) is 11.3 Å². The van der Waals surface area contributed by atoms with E-state index in [4.69, 9.17) is 0 Å². The number of rotatable bonds is 2. The van der Waals surface area contributed by atoms with Gasteiger partial charge in [0.15, 0.2) is 0 Å². The normalized spacial score (nSPS) is 11.6. The van der Waals surface area contributed by atoms with Crippen molar-refractivity contribution < 1.29 is 13.2 Å². The zero-order valence-corrected chi connectivity index (χ0v) is 10.8. The molecule has 0 saturated carbocycles. The number of aromatic nitrogens is 1. The Balaban J connectivity index is 2.49. The van der Waals surface area contributed by atoms with Gasteiger partial charge in [-0.2, -0.15) is 13.2 Å². The minimum Gasteiger partial charge on any atom is -0.251 e. The van der Waals surface area contributed by atoms with Gasteiger partial charge in [0.25, 0.3) is 0 Å². The van der Waals surface area contributed by atoms with Gasteiger partial charge in [0, 0.05) is 17.1 Å². The molecule has 0 aliphatic carbocycles. The number of pyridine rings is 1. The summed E-state index contributed by atoms with van der Waals surface area (Å²) in [5.74, 6) is 0. The van der Waals surface area contributed by atoms with Crippen molar-refractivity contribution >= 4 is 15.9 Å². The number of halogens is 4. The van der Waals surface area contributed by atoms with Crippen molar-refractivity contribution in [3.63, 3.8) is 0 Å². The summed E-state index contributed by atoms with van der Waals surface area (Å²) in [5, 5.41) is 0.121. The molecule has 0 bridgehead atoms. The second kappa shape index (κ2) is 5.10. The summed E-state index contributed by atoms with van der Waals surface area (Å²) in [4.78, 5) is 3.54. The number of alkyl halides is 4. The average Bonchev–Trinajstić information content (AvgIpc) is 2.38. The summed E-state index contributed by atoms with van der Waals surface area (Å²) < 4.78 is 38.1. The van der Waals surface area contributed by atoms with Crippen molar-refractivity contribution in [2.45, 2.75) is 11.5 Å². The van der Waals surface area contributed by atoms with E-state index in [0.29, 0.717) is 5.56 Å². The largest absolute Gasteiger partial charge is 0.433 e. The van der Waals surface area contributed by atoms with Gasteiger partial charge >= 0.3 is 6.18 Å². The highest BCUT2D eigenvalue weighted by molar-refractivity contribution is 9.08.